The molecule has 0 radical (unpaired) electrons. The number of alkyl halides is 2. The molecule has 0 saturated carbocycles. The summed E-state index contributed by atoms with van der Waals surface area (Å²) in [6.45, 7) is -0.368. The van der Waals surface area contributed by atoms with E-state index in [1.165, 1.54) is 0 Å². The first-order valence-electron chi connectivity index (χ1n) is 17.5. The first-order chi connectivity index (χ1) is 25.9. The van der Waals surface area contributed by atoms with Crippen LogP contribution < -0.4 is 4.74 Å². The highest BCUT2D eigenvalue weighted by molar-refractivity contribution is 6.31. The van der Waals surface area contributed by atoms with Gasteiger partial charge in [0.25, 0.3) is 6.43 Å². The van der Waals surface area contributed by atoms with Gasteiger partial charge in [-0.3, -0.25) is 0 Å². The summed E-state index contributed by atoms with van der Waals surface area (Å²) in [5.74, 6) is -1.23. The Morgan fingerprint density at radius 1 is 0.698 bits per heavy atom. The monoisotopic (exact) mass is 744 g/mol. The Kier molecular flexibility index (Phi) is 13.6. The maximum Gasteiger partial charge on any atom is 0.272 e. The summed E-state index contributed by atoms with van der Waals surface area (Å²) in [5, 5.41) is 11.4. The molecule has 1 N–H and O–H groups in total. The average molecular weight is 745 g/mol. The molecule has 7 nitrogen and oxygen atoms in total. The Bertz CT molecular complexity index is 1830. The molecule has 1 heterocycles. The van der Waals surface area contributed by atoms with Gasteiger partial charge in [-0.25, -0.2) is 8.78 Å². The molecule has 5 aromatic rings. The van der Waals surface area contributed by atoms with Gasteiger partial charge in [0.15, 0.2) is 0 Å². The van der Waals surface area contributed by atoms with Crippen LogP contribution in [0.4, 0.5) is 8.78 Å². The van der Waals surface area contributed by atoms with E-state index in [4.69, 9.17) is 40.0 Å². The van der Waals surface area contributed by atoms with E-state index in [9.17, 15) is 13.9 Å². The zero-order valence-corrected chi connectivity index (χ0v) is 30.1. The highest BCUT2D eigenvalue weighted by atomic mass is 35.5. The second kappa shape index (κ2) is 18.7. The molecule has 0 bridgehead atoms. The first-order valence-corrected chi connectivity index (χ1v) is 17.9. The lowest BCUT2D eigenvalue weighted by molar-refractivity contribution is -0.384. The van der Waals surface area contributed by atoms with Gasteiger partial charge in [0.1, 0.15) is 36.8 Å². The van der Waals surface area contributed by atoms with Gasteiger partial charge in [-0.1, -0.05) is 121 Å². The van der Waals surface area contributed by atoms with Crippen molar-refractivity contribution in [3.05, 3.63) is 172 Å². The van der Waals surface area contributed by atoms with Gasteiger partial charge in [0.2, 0.25) is 5.79 Å². The van der Waals surface area contributed by atoms with Gasteiger partial charge in [-0.05, 0) is 58.5 Å². The van der Waals surface area contributed by atoms with Crippen LogP contribution in [-0.4, -0.2) is 56.3 Å². The number of benzene rings is 5. The average Bonchev–Trinajstić information content (AvgIpc) is 3.20. The molecular weight excluding hydrogens is 702 g/mol. The van der Waals surface area contributed by atoms with E-state index in [2.05, 4.69) is 0 Å². The molecule has 0 unspecified atom stereocenters. The molecule has 5 atom stereocenters. The summed E-state index contributed by atoms with van der Waals surface area (Å²) in [6.07, 6.45) is -5.47. The van der Waals surface area contributed by atoms with Gasteiger partial charge in [0.05, 0.1) is 26.4 Å². The van der Waals surface area contributed by atoms with E-state index >= 15 is 0 Å². The molecule has 1 fully saturated rings. The van der Waals surface area contributed by atoms with E-state index in [1.807, 2.05) is 115 Å². The quantitative estimate of drug-likeness (QED) is 0.102. The third-order valence-electron chi connectivity index (χ3n) is 9.16. The standard InChI is InChI=1S/C43H43ClF2O7/c1-48-43(35-19-22-37(44)34(24-35)23-30-17-20-36(21-18-30)49-29-39(45)46)42(52-28-33-15-9-4-10-16-33)41(51-27-32-13-7-3-8-14-32)40(38(25-47)53-43)50-26-31-11-5-2-6-12-31/h2-22,24,38-42,47H,23,25-29H2,1H3/t38-,40-,41-,42+,43-/m0/s1. The maximum atomic E-state index is 12.7. The number of halogens is 3. The molecule has 0 aliphatic carbocycles. The van der Waals surface area contributed by atoms with E-state index in [0.29, 0.717) is 22.8 Å². The number of rotatable bonds is 17. The summed E-state index contributed by atoms with van der Waals surface area (Å²) in [7, 11) is 1.54. The Morgan fingerprint density at radius 3 is 1.77 bits per heavy atom. The zero-order valence-electron chi connectivity index (χ0n) is 29.4. The lowest BCUT2D eigenvalue weighted by atomic mass is 9.86. The molecule has 0 amide bonds. The number of aliphatic hydroxyl groups is 1. The molecule has 5 aromatic carbocycles. The molecule has 6 rings (SSSR count). The number of methoxy groups -OCH3 is 1. The van der Waals surface area contributed by atoms with Crippen molar-refractivity contribution < 1.29 is 42.3 Å². The maximum absolute atomic E-state index is 12.7. The lowest BCUT2D eigenvalue weighted by Gasteiger charge is -2.52. The molecular formula is C43H43ClF2O7. The minimum atomic E-state index is -2.56. The second-order valence-corrected chi connectivity index (χ2v) is 13.2. The van der Waals surface area contributed by atoms with Crippen molar-refractivity contribution in [2.24, 2.45) is 0 Å². The van der Waals surface area contributed by atoms with Gasteiger partial charge in [-0.15, -0.1) is 0 Å². The fourth-order valence-corrected chi connectivity index (χ4v) is 6.69. The number of ether oxygens (including phenoxy) is 6. The van der Waals surface area contributed by atoms with Gasteiger partial charge in [-0.2, -0.15) is 0 Å². The third kappa shape index (κ3) is 9.87. The van der Waals surface area contributed by atoms with Crippen molar-refractivity contribution in [2.75, 3.05) is 20.3 Å². The van der Waals surface area contributed by atoms with Crippen LogP contribution >= 0.6 is 11.6 Å². The number of hydrogen-bond donors (Lipinski definition) is 1. The fourth-order valence-electron chi connectivity index (χ4n) is 6.51. The van der Waals surface area contributed by atoms with Crippen LogP contribution in [0.1, 0.15) is 33.4 Å². The highest BCUT2D eigenvalue weighted by Crippen LogP contribution is 2.44. The topological polar surface area (TPSA) is 75.6 Å². The van der Waals surface area contributed by atoms with Crippen LogP contribution in [0.25, 0.3) is 0 Å². The largest absolute Gasteiger partial charge is 0.488 e. The summed E-state index contributed by atoms with van der Waals surface area (Å²) < 4.78 is 63.9. The zero-order chi connectivity index (χ0) is 37.0. The Labute approximate surface area is 314 Å². The van der Waals surface area contributed by atoms with Gasteiger partial charge in [0, 0.05) is 17.7 Å². The van der Waals surface area contributed by atoms with Crippen molar-refractivity contribution in [1.82, 2.24) is 0 Å². The van der Waals surface area contributed by atoms with E-state index in [-0.39, 0.29) is 26.4 Å². The van der Waals surface area contributed by atoms with E-state index in [0.717, 1.165) is 27.8 Å². The molecule has 53 heavy (non-hydrogen) atoms. The van der Waals surface area contributed by atoms with Crippen LogP contribution in [0.2, 0.25) is 5.02 Å². The van der Waals surface area contributed by atoms with Gasteiger partial charge < -0.3 is 33.5 Å². The predicted octanol–water partition coefficient (Wildman–Crippen LogP) is 8.52. The van der Waals surface area contributed by atoms with Gasteiger partial charge >= 0.3 is 0 Å². The Morgan fingerprint density at radius 2 is 1.25 bits per heavy atom. The van der Waals surface area contributed by atoms with Crippen molar-refractivity contribution in [2.45, 2.75) is 62.9 Å². The van der Waals surface area contributed by atoms with Crippen LogP contribution in [0.15, 0.2) is 133 Å². The summed E-state index contributed by atoms with van der Waals surface area (Å²) in [4.78, 5) is 0. The summed E-state index contributed by atoms with van der Waals surface area (Å²) in [6, 6.07) is 41.8. The third-order valence-corrected chi connectivity index (χ3v) is 9.53. The van der Waals surface area contributed by atoms with Crippen LogP contribution in [-0.2, 0) is 55.7 Å². The molecule has 1 aliphatic heterocycles. The molecule has 0 spiro atoms. The second-order valence-electron chi connectivity index (χ2n) is 12.8. The van der Waals surface area contributed by atoms with Crippen molar-refractivity contribution in [1.29, 1.82) is 0 Å². The Balaban J connectivity index is 1.38. The number of aliphatic hydroxyl groups excluding tert-OH is 1. The molecule has 0 aromatic heterocycles. The van der Waals surface area contributed by atoms with Crippen LogP contribution in [0.5, 0.6) is 5.75 Å². The minimum absolute atomic E-state index is 0.209. The minimum Gasteiger partial charge on any atom is -0.488 e. The fraction of sp³-hybridized carbons (Fsp3) is 0.302. The summed E-state index contributed by atoms with van der Waals surface area (Å²) in [5.41, 5.74) is 5.08. The van der Waals surface area contributed by atoms with Crippen molar-refractivity contribution >= 4 is 11.6 Å². The molecule has 1 aliphatic rings. The molecule has 278 valence electrons. The highest BCUT2D eigenvalue weighted by Gasteiger charge is 2.58. The SMILES string of the molecule is CO[C@@]1(c2ccc(Cl)c(Cc3ccc(OCC(F)F)cc3)c2)O[C@@H](CO)[C@H](OCc2ccccc2)[C@H](OCc2ccccc2)[C@H]1OCc1ccccc1. The van der Waals surface area contributed by atoms with Crippen LogP contribution in [0.3, 0.4) is 0 Å². The van der Waals surface area contributed by atoms with Crippen molar-refractivity contribution in [3.63, 3.8) is 0 Å². The normalized spacial score (nSPS) is 21.5. The summed E-state index contributed by atoms with van der Waals surface area (Å²) >= 11 is 6.79. The number of hydrogen-bond acceptors (Lipinski definition) is 7. The predicted molar refractivity (Wildman–Crippen MR) is 198 cm³/mol. The first kappa shape index (κ1) is 38.5. The van der Waals surface area contributed by atoms with E-state index < -0.39 is 43.2 Å². The van der Waals surface area contributed by atoms with E-state index in [1.54, 1.807) is 25.3 Å². The molecule has 1 saturated heterocycles. The smallest absolute Gasteiger partial charge is 0.272 e. The Hall–Kier alpha value is -4.19. The van der Waals surface area contributed by atoms with Crippen LogP contribution in [0, 0.1) is 0 Å². The lowest BCUT2D eigenvalue weighted by Crippen LogP contribution is -2.66. The molecule has 10 heteroatoms. The van der Waals surface area contributed by atoms with Crippen molar-refractivity contribution in [3.8, 4) is 5.75 Å².